The zero-order valence-electron chi connectivity index (χ0n) is 10.4. The van der Waals surface area contributed by atoms with Gasteiger partial charge in [0, 0.05) is 29.9 Å². The van der Waals surface area contributed by atoms with Gasteiger partial charge in [-0.15, -0.1) is 0 Å². The maximum Gasteiger partial charge on any atom is 0.0908 e. The van der Waals surface area contributed by atoms with E-state index >= 15 is 0 Å². The van der Waals surface area contributed by atoms with Crippen LogP contribution in [0.4, 0.5) is 5.69 Å². The first kappa shape index (κ1) is 11.8. The Morgan fingerprint density at radius 1 is 1.39 bits per heavy atom. The largest absolute Gasteiger partial charge is 0.380 e. The minimum absolute atomic E-state index is 0.514. The Bertz CT molecular complexity index is 570. The molecular formula is C14H16ClN3. The normalized spacial score (nSPS) is 20.4. The van der Waals surface area contributed by atoms with Crippen LogP contribution in [0.3, 0.4) is 0 Å². The summed E-state index contributed by atoms with van der Waals surface area (Å²) in [5.74, 6) is 0. The van der Waals surface area contributed by atoms with Gasteiger partial charge in [0.15, 0.2) is 0 Å². The van der Waals surface area contributed by atoms with Gasteiger partial charge >= 0.3 is 0 Å². The minimum atomic E-state index is 0.514. The minimum Gasteiger partial charge on any atom is -0.380 e. The van der Waals surface area contributed by atoms with Crippen molar-refractivity contribution in [2.75, 3.05) is 25.5 Å². The topological polar surface area (TPSA) is 28.2 Å². The van der Waals surface area contributed by atoms with Crippen molar-refractivity contribution >= 4 is 28.2 Å². The van der Waals surface area contributed by atoms with Crippen LogP contribution in [0.1, 0.15) is 6.42 Å². The van der Waals surface area contributed by atoms with Gasteiger partial charge in [-0.25, -0.2) is 0 Å². The van der Waals surface area contributed by atoms with E-state index in [0.29, 0.717) is 11.1 Å². The molecule has 1 saturated heterocycles. The molecule has 0 saturated carbocycles. The Morgan fingerprint density at radius 2 is 2.28 bits per heavy atom. The summed E-state index contributed by atoms with van der Waals surface area (Å²) in [6, 6.07) is 8.49. The first-order chi connectivity index (χ1) is 8.74. The fourth-order valence-electron chi connectivity index (χ4n) is 2.54. The molecule has 94 valence electrons. The fraction of sp³-hybridized carbons (Fsp3) is 0.357. The van der Waals surface area contributed by atoms with Gasteiger partial charge in [0.1, 0.15) is 0 Å². The molecule has 0 aliphatic carbocycles. The predicted molar refractivity (Wildman–Crippen MR) is 76.3 cm³/mol. The van der Waals surface area contributed by atoms with E-state index in [4.69, 9.17) is 11.6 Å². The van der Waals surface area contributed by atoms with Gasteiger partial charge in [-0.2, -0.15) is 0 Å². The zero-order valence-corrected chi connectivity index (χ0v) is 11.1. The molecule has 3 rings (SSSR count). The van der Waals surface area contributed by atoms with Crippen LogP contribution >= 0.6 is 11.6 Å². The van der Waals surface area contributed by atoms with Crippen molar-refractivity contribution < 1.29 is 0 Å². The number of rotatable bonds is 2. The first-order valence-electron chi connectivity index (χ1n) is 6.22. The second kappa shape index (κ2) is 4.75. The Hall–Kier alpha value is -1.32. The molecule has 1 fully saturated rings. The summed E-state index contributed by atoms with van der Waals surface area (Å²) >= 11 is 6.17. The van der Waals surface area contributed by atoms with Crippen molar-refractivity contribution in [3.8, 4) is 0 Å². The van der Waals surface area contributed by atoms with Crippen LogP contribution < -0.4 is 5.32 Å². The number of hydrogen-bond donors (Lipinski definition) is 1. The molecule has 4 heteroatoms. The molecule has 0 bridgehead atoms. The van der Waals surface area contributed by atoms with Gasteiger partial charge in [-0.1, -0.05) is 11.6 Å². The number of benzene rings is 1. The number of pyridine rings is 1. The monoisotopic (exact) mass is 261 g/mol. The smallest absolute Gasteiger partial charge is 0.0908 e. The predicted octanol–water partition coefficient (Wildman–Crippen LogP) is 3.00. The zero-order chi connectivity index (χ0) is 12.5. The summed E-state index contributed by atoms with van der Waals surface area (Å²) in [5, 5.41) is 5.41. The van der Waals surface area contributed by atoms with Crippen molar-refractivity contribution in [2.45, 2.75) is 12.5 Å². The second-order valence-electron chi connectivity index (χ2n) is 4.89. The van der Waals surface area contributed by atoms with Crippen molar-refractivity contribution in [1.82, 2.24) is 9.88 Å². The number of nitrogens with zero attached hydrogens (tertiary/aromatic N) is 2. The van der Waals surface area contributed by atoms with E-state index in [2.05, 4.69) is 28.3 Å². The maximum atomic E-state index is 6.17. The summed E-state index contributed by atoms with van der Waals surface area (Å²) in [4.78, 5) is 6.69. The van der Waals surface area contributed by atoms with E-state index in [-0.39, 0.29) is 0 Å². The molecule has 3 nitrogen and oxygen atoms in total. The Morgan fingerprint density at radius 3 is 3.06 bits per heavy atom. The lowest BCUT2D eigenvalue weighted by atomic mass is 10.1. The number of hydrogen-bond acceptors (Lipinski definition) is 3. The molecule has 1 aromatic carbocycles. The first-order valence-corrected chi connectivity index (χ1v) is 6.60. The second-order valence-corrected chi connectivity index (χ2v) is 5.29. The molecule has 1 atom stereocenters. The number of anilines is 1. The van der Waals surface area contributed by atoms with Crippen LogP contribution in [-0.4, -0.2) is 36.1 Å². The molecule has 0 radical (unpaired) electrons. The number of aromatic nitrogens is 1. The SMILES string of the molecule is CN1CCC(Nc2ccc(Cl)c3ncccc23)C1. The van der Waals surface area contributed by atoms with Gasteiger partial charge in [-0.05, 0) is 44.3 Å². The molecule has 18 heavy (non-hydrogen) atoms. The molecular weight excluding hydrogens is 246 g/mol. The summed E-state index contributed by atoms with van der Waals surface area (Å²) in [7, 11) is 2.16. The van der Waals surface area contributed by atoms with Crippen LogP contribution in [0, 0.1) is 0 Å². The molecule has 2 aromatic rings. The Balaban J connectivity index is 1.95. The van der Waals surface area contributed by atoms with E-state index < -0.39 is 0 Å². The third-order valence-corrected chi connectivity index (χ3v) is 3.78. The number of fused-ring (bicyclic) bond motifs is 1. The number of likely N-dealkylation sites (N-methyl/N-ethyl adjacent to an activating group) is 1. The van der Waals surface area contributed by atoms with Crippen LogP contribution in [-0.2, 0) is 0 Å². The molecule has 0 amide bonds. The van der Waals surface area contributed by atoms with Crippen LogP contribution in [0.2, 0.25) is 5.02 Å². The fourth-order valence-corrected chi connectivity index (χ4v) is 2.75. The van der Waals surface area contributed by atoms with E-state index in [1.54, 1.807) is 6.20 Å². The highest BCUT2D eigenvalue weighted by molar-refractivity contribution is 6.35. The quantitative estimate of drug-likeness (QED) is 0.901. The van der Waals surface area contributed by atoms with Gasteiger partial charge in [0.05, 0.1) is 10.5 Å². The average Bonchev–Trinajstić information content (AvgIpc) is 2.79. The highest BCUT2D eigenvalue weighted by Gasteiger charge is 2.19. The molecule has 1 aromatic heterocycles. The number of halogens is 1. The lowest BCUT2D eigenvalue weighted by molar-refractivity contribution is 0.414. The molecule has 1 unspecified atom stereocenters. The maximum absolute atomic E-state index is 6.17. The van der Waals surface area contributed by atoms with Crippen LogP contribution in [0.15, 0.2) is 30.5 Å². The molecule has 2 heterocycles. The van der Waals surface area contributed by atoms with Crippen molar-refractivity contribution in [2.24, 2.45) is 0 Å². The Labute approximate surface area is 112 Å². The molecule has 1 N–H and O–H groups in total. The standard InChI is InChI=1S/C14H16ClN3/c1-18-8-6-10(9-18)17-13-5-4-12(15)14-11(13)3-2-7-16-14/h2-5,7,10,17H,6,8-9H2,1H3. The van der Waals surface area contributed by atoms with E-state index in [9.17, 15) is 0 Å². The van der Waals surface area contributed by atoms with Crippen molar-refractivity contribution in [3.05, 3.63) is 35.5 Å². The van der Waals surface area contributed by atoms with E-state index in [1.807, 2.05) is 18.2 Å². The summed E-state index contributed by atoms with van der Waals surface area (Å²) < 4.78 is 0. The summed E-state index contributed by atoms with van der Waals surface area (Å²) in [5.41, 5.74) is 2.00. The molecule has 1 aliphatic rings. The highest BCUT2D eigenvalue weighted by Crippen LogP contribution is 2.29. The molecule has 1 aliphatic heterocycles. The van der Waals surface area contributed by atoms with Gasteiger partial charge < -0.3 is 10.2 Å². The third-order valence-electron chi connectivity index (χ3n) is 3.47. The van der Waals surface area contributed by atoms with Gasteiger partial charge in [0.25, 0.3) is 0 Å². The van der Waals surface area contributed by atoms with Crippen molar-refractivity contribution in [3.63, 3.8) is 0 Å². The van der Waals surface area contributed by atoms with Crippen LogP contribution in [0.25, 0.3) is 10.9 Å². The number of nitrogens with one attached hydrogen (secondary N) is 1. The third kappa shape index (κ3) is 2.16. The Kier molecular flexibility index (Phi) is 3.10. The van der Waals surface area contributed by atoms with Crippen LogP contribution in [0.5, 0.6) is 0 Å². The number of likely N-dealkylation sites (tertiary alicyclic amines) is 1. The van der Waals surface area contributed by atoms with Crippen molar-refractivity contribution in [1.29, 1.82) is 0 Å². The lowest BCUT2D eigenvalue weighted by Gasteiger charge is -2.16. The summed E-state index contributed by atoms with van der Waals surface area (Å²) in [6.07, 6.45) is 2.96. The van der Waals surface area contributed by atoms with Gasteiger partial charge in [0.2, 0.25) is 0 Å². The highest BCUT2D eigenvalue weighted by atomic mass is 35.5. The van der Waals surface area contributed by atoms with Gasteiger partial charge in [-0.3, -0.25) is 4.98 Å². The average molecular weight is 262 g/mol. The lowest BCUT2D eigenvalue weighted by Crippen LogP contribution is -2.23. The van der Waals surface area contributed by atoms with E-state index in [0.717, 1.165) is 29.7 Å². The molecule has 0 spiro atoms. The summed E-state index contributed by atoms with van der Waals surface area (Å²) in [6.45, 7) is 2.24. The van der Waals surface area contributed by atoms with E-state index in [1.165, 1.54) is 6.42 Å².